The summed E-state index contributed by atoms with van der Waals surface area (Å²) in [6.07, 6.45) is 1.62. The summed E-state index contributed by atoms with van der Waals surface area (Å²) in [5.74, 6) is -0.347. The molecular weight excluding hydrogens is 286 g/mol. The molecule has 0 atom stereocenters. The minimum Gasteiger partial charge on any atom is -0.465 e. The number of nitrogens with zero attached hydrogens (tertiary/aromatic N) is 1. The maximum absolute atomic E-state index is 11.5. The second-order valence-corrected chi connectivity index (χ2v) is 5.75. The average molecular weight is 306 g/mol. The molecule has 0 N–H and O–H groups in total. The molecule has 0 saturated carbocycles. The van der Waals surface area contributed by atoms with Gasteiger partial charge in [-0.2, -0.15) is 0 Å². The van der Waals surface area contributed by atoms with Crippen LogP contribution in [0.5, 0.6) is 0 Å². The van der Waals surface area contributed by atoms with Crippen LogP contribution in [0.3, 0.4) is 0 Å². The quantitative estimate of drug-likeness (QED) is 0.778. The topological polar surface area (TPSA) is 39.2 Å². The molecule has 2 rings (SSSR count). The van der Waals surface area contributed by atoms with Crippen molar-refractivity contribution >= 4 is 18.4 Å². The third-order valence-electron chi connectivity index (χ3n) is 3.23. The fourth-order valence-electron chi connectivity index (χ4n) is 1.97. The van der Waals surface area contributed by atoms with E-state index in [1.54, 1.807) is 18.3 Å². The number of ether oxygens (including phenoxy) is 1. The highest BCUT2D eigenvalue weighted by Gasteiger charge is 2.13. The molecular formula is C17H20ClNO2. The largest absolute Gasteiger partial charge is 0.465 e. The molecule has 0 saturated heterocycles. The fraction of sp³-hybridized carbons (Fsp3) is 0.294. The van der Waals surface area contributed by atoms with E-state index in [1.807, 2.05) is 12.1 Å². The van der Waals surface area contributed by atoms with Crippen molar-refractivity contribution in [1.82, 2.24) is 4.98 Å². The van der Waals surface area contributed by atoms with E-state index in [0.29, 0.717) is 5.56 Å². The van der Waals surface area contributed by atoms with Crippen LogP contribution in [0.4, 0.5) is 0 Å². The van der Waals surface area contributed by atoms with E-state index in [9.17, 15) is 4.79 Å². The van der Waals surface area contributed by atoms with Gasteiger partial charge < -0.3 is 4.74 Å². The molecule has 0 unspecified atom stereocenters. The third kappa shape index (κ3) is 4.05. The highest BCUT2D eigenvalue weighted by Crippen LogP contribution is 2.25. The fourth-order valence-corrected chi connectivity index (χ4v) is 1.97. The van der Waals surface area contributed by atoms with Crippen LogP contribution >= 0.6 is 12.4 Å². The van der Waals surface area contributed by atoms with Gasteiger partial charge in [0.15, 0.2) is 0 Å². The molecule has 0 aliphatic rings. The lowest BCUT2D eigenvalue weighted by Crippen LogP contribution is -2.10. The second-order valence-electron chi connectivity index (χ2n) is 5.75. The lowest BCUT2D eigenvalue weighted by molar-refractivity contribution is 0.0600. The van der Waals surface area contributed by atoms with E-state index in [-0.39, 0.29) is 23.8 Å². The van der Waals surface area contributed by atoms with Crippen LogP contribution in [-0.4, -0.2) is 18.1 Å². The molecule has 1 heterocycles. The van der Waals surface area contributed by atoms with Crippen LogP contribution in [0.2, 0.25) is 0 Å². The molecule has 0 bridgehead atoms. The van der Waals surface area contributed by atoms with Gasteiger partial charge in [-0.1, -0.05) is 45.0 Å². The predicted molar refractivity (Wildman–Crippen MR) is 87.0 cm³/mol. The van der Waals surface area contributed by atoms with Crippen LogP contribution in [0.15, 0.2) is 42.6 Å². The van der Waals surface area contributed by atoms with Crippen molar-refractivity contribution in [1.29, 1.82) is 0 Å². The number of hydrogen-bond donors (Lipinski definition) is 0. The molecule has 0 radical (unpaired) electrons. The Hall–Kier alpha value is -1.87. The van der Waals surface area contributed by atoms with Crippen molar-refractivity contribution in [2.24, 2.45) is 0 Å². The van der Waals surface area contributed by atoms with Crippen LogP contribution in [0.25, 0.3) is 11.3 Å². The van der Waals surface area contributed by atoms with E-state index in [4.69, 9.17) is 4.74 Å². The Kier molecular flexibility index (Phi) is 5.50. The van der Waals surface area contributed by atoms with Gasteiger partial charge in [-0.3, -0.25) is 4.98 Å². The van der Waals surface area contributed by atoms with E-state index >= 15 is 0 Å². The summed E-state index contributed by atoms with van der Waals surface area (Å²) < 4.78 is 4.72. The first-order valence-electron chi connectivity index (χ1n) is 6.57. The summed E-state index contributed by atoms with van der Waals surface area (Å²) in [6.45, 7) is 6.54. The van der Waals surface area contributed by atoms with Gasteiger partial charge in [0.05, 0.1) is 18.4 Å². The molecule has 0 aliphatic carbocycles. The first kappa shape index (κ1) is 17.2. The number of esters is 1. The van der Waals surface area contributed by atoms with Crippen molar-refractivity contribution in [3.8, 4) is 11.3 Å². The molecule has 2 aromatic rings. The molecule has 21 heavy (non-hydrogen) atoms. The zero-order chi connectivity index (χ0) is 14.8. The first-order chi connectivity index (χ1) is 9.41. The number of aromatic nitrogens is 1. The van der Waals surface area contributed by atoms with Crippen molar-refractivity contribution < 1.29 is 9.53 Å². The molecule has 1 aromatic heterocycles. The average Bonchev–Trinajstić information content (AvgIpc) is 2.46. The Morgan fingerprint density at radius 2 is 1.71 bits per heavy atom. The van der Waals surface area contributed by atoms with Gasteiger partial charge >= 0.3 is 5.97 Å². The Balaban J connectivity index is 0.00000220. The number of carbonyl (C=O) groups is 1. The highest BCUT2D eigenvalue weighted by molar-refractivity contribution is 5.90. The normalized spacial score (nSPS) is 10.7. The van der Waals surface area contributed by atoms with E-state index < -0.39 is 0 Å². The number of benzene rings is 1. The van der Waals surface area contributed by atoms with Gasteiger partial charge in [0.2, 0.25) is 0 Å². The van der Waals surface area contributed by atoms with Crippen molar-refractivity contribution in [2.45, 2.75) is 26.2 Å². The maximum Gasteiger partial charge on any atom is 0.337 e. The standard InChI is InChI=1S/C17H19NO2.ClH/c1-17(2,3)14-7-5-12(6-8-14)15-11-13(9-10-18-15)16(19)20-4;/h5-11H,1-4H3;1H. The summed E-state index contributed by atoms with van der Waals surface area (Å²) in [4.78, 5) is 15.8. The number of carbonyl (C=O) groups excluding carboxylic acids is 1. The number of pyridine rings is 1. The second kappa shape index (κ2) is 6.72. The number of rotatable bonds is 2. The zero-order valence-corrected chi connectivity index (χ0v) is 13.5. The van der Waals surface area contributed by atoms with E-state index in [2.05, 4.69) is 37.9 Å². The molecule has 3 nitrogen and oxygen atoms in total. The van der Waals surface area contributed by atoms with Gasteiger partial charge in [-0.05, 0) is 23.1 Å². The van der Waals surface area contributed by atoms with Crippen LogP contribution in [0, 0.1) is 0 Å². The Labute approximate surface area is 131 Å². The monoisotopic (exact) mass is 305 g/mol. The molecule has 1 aromatic carbocycles. The molecule has 0 fully saturated rings. The van der Waals surface area contributed by atoms with Gasteiger partial charge in [0.25, 0.3) is 0 Å². The minimum absolute atomic E-state index is 0. The SMILES string of the molecule is COC(=O)c1ccnc(-c2ccc(C(C)(C)C)cc2)c1.Cl. The lowest BCUT2D eigenvalue weighted by atomic mass is 9.86. The summed E-state index contributed by atoms with van der Waals surface area (Å²) in [5.41, 5.74) is 3.67. The van der Waals surface area contributed by atoms with Gasteiger partial charge in [-0.25, -0.2) is 4.79 Å². The van der Waals surface area contributed by atoms with Gasteiger partial charge in [0.1, 0.15) is 0 Å². The highest BCUT2D eigenvalue weighted by atomic mass is 35.5. The van der Waals surface area contributed by atoms with Gasteiger partial charge in [0, 0.05) is 11.8 Å². The minimum atomic E-state index is -0.347. The molecule has 0 spiro atoms. The third-order valence-corrected chi connectivity index (χ3v) is 3.23. The molecule has 0 amide bonds. The van der Waals surface area contributed by atoms with E-state index in [0.717, 1.165) is 11.3 Å². The zero-order valence-electron chi connectivity index (χ0n) is 12.7. The Morgan fingerprint density at radius 3 is 2.24 bits per heavy atom. The van der Waals surface area contributed by atoms with Crippen molar-refractivity contribution in [3.05, 3.63) is 53.7 Å². The van der Waals surface area contributed by atoms with Crippen LogP contribution < -0.4 is 0 Å². The van der Waals surface area contributed by atoms with Gasteiger partial charge in [-0.15, -0.1) is 12.4 Å². The maximum atomic E-state index is 11.5. The Bertz CT molecular complexity index is 615. The lowest BCUT2D eigenvalue weighted by Gasteiger charge is -2.19. The number of methoxy groups -OCH3 is 1. The summed E-state index contributed by atoms with van der Waals surface area (Å²) in [6, 6.07) is 11.7. The molecule has 4 heteroatoms. The number of halogens is 1. The Morgan fingerprint density at radius 1 is 1.10 bits per heavy atom. The van der Waals surface area contributed by atoms with E-state index in [1.165, 1.54) is 12.7 Å². The summed E-state index contributed by atoms with van der Waals surface area (Å²) in [5, 5.41) is 0. The predicted octanol–water partition coefficient (Wildman–Crippen LogP) is 4.25. The summed E-state index contributed by atoms with van der Waals surface area (Å²) >= 11 is 0. The summed E-state index contributed by atoms with van der Waals surface area (Å²) in [7, 11) is 1.38. The van der Waals surface area contributed by atoms with Crippen molar-refractivity contribution in [2.75, 3.05) is 7.11 Å². The van der Waals surface area contributed by atoms with Crippen molar-refractivity contribution in [3.63, 3.8) is 0 Å². The molecule has 0 aliphatic heterocycles. The van der Waals surface area contributed by atoms with Crippen LogP contribution in [-0.2, 0) is 10.2 Å². The smallest absolute Gasteiger partial charge is 0.337 e. The van der Waals surface area contributed by atoms with Crippen LogP contribution in [0.1, 0.15) is 36.7 Å². The number of hydrogen-bond acceptors (Lipinski definition) is 3. The molecule has 112 valence electrons. The first-order valence-corrected chi connectivity index (χ1v) is 6.57.